The van der Waals surface area contributed by atoms with Crippen LogP contribution in [-0.4, -0.2) is 43.5 Å². The van der Waals surface area contributed by atoms with Gasteiger partial charge in [0, 0.05) is 0 Å². The van der Waals surface area contributed by atoms with Crippen molar-refractivity contribution in [2.24, 2.45) is 0 Å². The van der Waals surface area contributed by atoms with Gasteiger partial charge in [-0.25, -0.2) is 9.78 Å². The molecule has 1 rings (SSSR count). The zero-order chi connectivity index (χ0) is 13.0. The molecule has 7 heteroatoms. The van der Waals surface area contributed by atoms with Crippen LogP contribution in [0.25, 0.3) is 0 Å². The summed E-state index contributed by atoms with van der Waals surface area (Å²) in [5, 5.41) is 36.0. The van der Waals surface area contributed by atoms with Crippen LogP contribution in [0.15, 0.2) is 18.2 Å². The van der Waals surface area contributed by atoms with Gasteiger partial charge in [0.25, 0.3) is 0 Å². The zero-order valence-corrected chi connectivity index (χ0v) is 8.65. The van der Waals surface area contributed by atoms with Gasteiger partial charge in [0.2, 0.25) is 0 Å². The zero-order valence-electron chi connectivity index (χ0n) is 8.65. The number of pyridine rings is 1. The molecule has 17 heavy (non-hydrogen) atoms. The smallest absolute Gasteiger partial charge is 0.354 e. The summed E-state index contributed by atoms with van der Waals surface area (Å²) in [4.78, 5) is 24.6. The van der Waals surface area contributed by atoms with Crippen molar-refractivity contribution in [1.29, 1.82) is 0 Å². The number of aromatic nitrogens is 1. The number of aromatic carboxylic acids is 1. The second-order valence-electron chi connectivity index (χ2n) is 3.36. The first-order valence-electron chi connectivity index (χ1n) is 4.70. The van der Waals surface area contributed by atoms with Gasteiger partial charge in [-0.2, -0.15) is 0 Å². The van der Waals surface area contributed by atoms with Crippen LogP contribution in [0.2, 0.25) is 0 Å². The molecule has 0 fully saturated rings. The molecule has 0 aliphatic carbocycles. The summed E-state index contributed by atoms with van der Waals surface area (Å²) in [6.07, 6.45) is -3.73. The number of carboxylic acids is 2. The average Bonchev–Trinajstić information content (AvgIpc) is 2.27. The van der Waals surface area contributed by atoms with Gasteiger partial charge >= 0.3 is 11.9 Å². The van der Waals surface area contributed by atoms with Crippen molar-refractivity contribution in [1.82, 2.24) is 4.98 Å². The molecular formula is C10H11NO6. The lowest BCUT2D eigenvalue weighted by molar-refractivity contribution is -0.141. The Kier molecular flexibility index (Phi) is 4.13. The highest BCUT2D eigenvalue weighted by molar-refractivity contribution is 5.85. The fourth-order valence-electron chi connectivity index (χ4n) is 1.22. The van der Waals surface area contributed by atoms with Crippen LogP contribution >= 0.6 is 0 Å². The van der Waals surface area contributed by atoms with E-state index < -0.39 is 30.6 Å². The first kappa shape index (κ1) is 13.1. The van der Waals surface area contributed by atoms with Crippen molar-refractivity contribution in [2.45, 2.75) is 18.6 Å². The van der Waals surface area contributed by atoms with E-state index in [9.17, 15) is 19.8 Å². The number of aliphatic hydroxyl groups is 2. The van der Waals surface area contributed by atoms with Crippen molar-refractivity contribution < 1.29 is 30.0 Å². The van der Waals surface area contributed by atoms with E-state index in [1.54, 1.807) is 0 Å². The van der Waals surface area contributed by atoms with Crippen molar-refractivity contribution in [3.8, 4) is 0 Å². The number of aliphatic carboxylic acids is 1. The SMILES string of the molecule is O=C(O)CC(O)C(O)c1cccc(C(=O)O)n1. The number of aliphatic hydroxyl groups excluding tert-OH is 2. The molecule has 0 radical (unpaired) electrons. The first-order chi connectivity index (χ1) is 7.91. The lowest BCUT2D eigenvalue weighted by atomic mass is 10.1. The maximum atomic E-state index is 10.6. The van der Waals surface area contributed by atoms with Crippen LogP contribution in [0.1, 0.15) is 28.7 Å². The standard InChI is InChI=1S/C10H11NO6/c12-7(4-8(13)14)9(15)5-2-1-3-6(11-5)10(16)17/h1-3,7,9,12,15H,4H2,(H,13,14)(H,16,17). The van der Waals surface area contributed by atoms with E-state index in [2.05, 4.69) is 4.98 Å². The minimum atomic E-state index is -1.54. The molecule has 0 aliphatic heterocycles. The molecule has 1 aromatic heterocycles. The average molecular weight is 241 g/mol. The fourth-order valence-corrected chi connectivity index (χ4v) is 1.22. The number of carbonyl (C=O) groups is 2. The van der Waals surface area contributed by atoms with Gasteiger partial charge in [0.05, 0.1) is 18.2 Å². The predicted molar refractivity (Wildman–Crippen MR) is 54.4 cm³/mol. The first-order valence-corrected chi connectivity index (χ1v) is 4.70. The van der Waals surface area contributed by atoms with Crippen molar-refractivity contribution in [2.75, 3.05) is 0 Å². The molecule has 0 saturated carbocycles. The summed E-state index contributed by atoms with van der Waals surface area (Å²) in [6.45, 7) is 0. The van der Waals surface area contributed by atoms with Crippen molar-refractivity contribution >= 4 is 11.9 Å². The van der Waals surface area contributed by atoms with Gasteiger partial charge in [-0.05, 0) is 12.1 Å². The molecule has 0 amide bonds. The summed E-state index contributed by atoms with van der Waals surface area (Å²) < 4.78 is 0. The maximum Gasteiger partial charge on any atom is 0.354 e. The van der Waals surface area contributed by atoms with Gasteiger partial charge < -0.3 is 20.4 Å². The summed E-state index contributed by atoms with van der Waals surface area (Å²) in [7, 11) is 0. The van der Waals surface area contributed by atoms with Gasteiger partial charge in [-0.3, -0.25) is 4.79 Å². The maximum absolute atomic E-state index is 10.6. The van der Waals surface area contributed by atoms with E-state index in [1.165, 1.54) is 18.2 Å². The predicted octanol–water partition coefficient (Wildman–Crippen LogP) is -0.351. The Labute approximate surface area is 96.0 Å². The van der Waals surface area contributed by atoms with Crippen LogP contribution in [0.4, 0.5) is 0 Å². The van der Waals surface area contributed by atoms with E-state index in [-0.39, 0.29) is 11.4 Å². The minimum Gasteiger partial charge on any atom is -0.481 e. The molecule has 0 bridgehead atoms. The van der Waals surface area contributed by atoms with Crippen molar-refractivity contribution in [3.63, 3.8) is 0 Å². The summed E-state index contributed by atoms with van der Waals surface area (Å²) in [5.74, 6) is -2.54. The van der Waals surface area contributed by atoms with Gasteiger partial charge in [0.1, 0.15) is 11.8 Å². The second kappa shape index (κ2) is 5.37. The van der Waals surface area contributed by atoms with Gasteiger partial charge in [0.15, 0.2) is 0 Å². The molecule has 4 N–H and O–H groups in total. The quantitative estimate of drug-likeness (QED) is 0.554. The van der Waals surface area contributed by atoms with E-state index in [0.29, 0.717) is 0 Å². The normalized spacial score (nSPS) is 14.0. The Morgan fingerprint density at radius 1 is 1.24 bits per heavy atom. The number of carboxylic acid groups (broad SMARTS) is 2. The molecule has 0 spiro atoms. The van der Waals surface area contributed by atoms with E-state index >= 15 is 0 Å². The molecule has 92 valence electrons. The molecular weight excluding hydrogens is 230 g/mol. The third-order valence-corrected chi connectivity index (χ3v) is 2.04. The Hall–Kier alpha value is -1.99. The highest BCUT2D eigenvalue weighted by atomic mass is 16.4. The largest absolute Gasteiger partial charge is 0.481 e. The minimum absolute atomic E-state index is 0.0846. The Balaban J connectivity index is 2.88. The van der Waals surface area contributed by atoms with Gasteiger partial charge in [-0.15, -0.1) is 0 Å². The Morgan fingerprint density at radius 3 is 2.41 bits per heavy atom. The lowest BCUT2D eigenvalue weighted by Crippen LogP contribution is -2.23. The molecule has 0 aliphatic rings. The Morgan fingerprint density at radius 2 is 1.88 bits per heavy atom. The Bertz CT molecular complexity index is 433. The highest BCUT2D eigenvalue weighted by Gasteiger charge is 2.23. The number of rotatable bonds is 5. The van der Waals surface area contributed by atoms with Crippen LogP contribution in [0, 0.1) is 0 Å². The van der Waals surface area contributed by atoms with Crippen LogP contribution in [0.3, 0.4) is 0 Å². The molecule has 0 saturated heterocycles. The third kappa shape index (κ3) is 3.51. The van der Waals surface area contributed by atoms with Crippen LogP contribution in [0.5, 0.6) is 0 Å². The number of hydrogen-bond acceptors (Lipinski definition) is 5. The monoisotopic (exact) mass is 241 g/mol. The molecule has 1 heterocycles. The summed E-state index contributed by atoms with van der Waals surface area (Å²) in [5.41, 5.74) is -0.372. The summed E-state index contributed by atoms with van der Waals surface area (Å²) >= 11 is 0. The van der Waals surface area contributed by atoms with Crippen LogP contribution in [-0.2, 0) is 4.79 Å². The van der Waals surface area contributed by atoms with E-state index in [4.69, 9.17) is 10.2 Å². The van der Waals surface area contributed by atoms with Gasteiger partial charge in [-0.1, -0.05) is 6.07 Å². The topological polar surface area (TPSA) is 128 Å². The summed E-state index contributed by atoms with van der Waals surface area (Å²) in [6, 6.07) is 3.88. The third-order valence-electron chi connectivity index (χ3n) is 2.04. The highest BCUT2D eigenvalue weighted by Crippen LogP contribution is 2.17. The number of nitrogens with zero attached hydrogens (tertiary/aromatic N) is 1. The molecule has 2 atom stereocenters. The van der Waals surface area contributed by atoms with Crippen molar-refractivity contribution in [3.05, 3.63) is 29.6 Å². The number of hydrogen-bond donors (Lipinski definition) is 4. The fraction of sp³-hybridized carbons (Fsp3) is 0.300. The molecule has 1 aromatic rings. The van der Waals surface area contributed by atoms with Crippen LogP contribution < -0.4 is 0 Å². The lowest BCUT2D eigenvalue weighted by Gasteiger charge is -2.15. The van der Waals surface area contributed by atoms with E-state index in [1.807, 2.05) is 0 Å². The molecule has 2 unspecified atom stereocenters. The van der Waals surface area contributed by atoms with E-state index in [0.717, 1.165) is 0 Å². The second-order valence-corrected chi connectivity index (χ2v) is 3.36. The molecule has 0 aromatic carbocycles. The molecule has 7 nitrogen and oxygen atoms in total.